The van der Waals surface area contributed by atoms with Crippen molar-refractivity contribution in [1.29, 1.82) is 0 Å². The average Bonchev–Trinajstić information content (AvgIpc) is 2.88. The highest BCUT2D eigenvalue weighted by Gasteiger charge is 2.52. The van der Waals surface area contributed by atoms with Gasteiger partial charge in [-0.25, -0.2) is 0 Å². The third kappa shape index (κ3) is 7.50. The summed E-state index contributed by atoms with van der Waals surface area (Å²) in [5.41, 5.74) is 0. The summed E-state index contributed by atoms with van der Waals surface area (Å²) in [7, 11) is 0. The minimum absolute atomic E-state index is 0.652. The van der Waals surface area contributed by atoms with Crippen LogP contribution in [0.4, 0.5) is 0 Å². The predicted molar refractivity (Wildman–Crippen MR) is 115 cm³/mol. The molecule has 2 heterocycles. The molecule has 0 radical (unpaired) electrons. The first-order valence-electron chi connectivity index (χ1n) is 11.5. The normalized spacial score (nSPS) is 40.0. The number of carbonyl (C=O) groups excluding carboxylic acids is 1. The van der Waals surface area contributed by atoms with E-state index in [1.54, 1.807) is 0 Å². The van der Waals surface area contributed by atoms with Crippen LogP contribution in [0.3, 0.4) is 0 Å². The maximum absolute atomic E-state index is 11.6. The van der Waals surface area contributed by atoms with Gasteiger partial charge in [-0.3, -0.25) is 4.79 Å². The Morgan fingerprint density at radius 3 is 1.89 bits per heavy atom. The highest BCUT2D eigenvalue weighted by Crippen LogP contribution is 2.30. The molecule has 17 nitrogen and oxygen atoms in total. The molecule has 0 aliphatic carbocycles. The van der Waals surface area contributed by atoms with Crippen LogP contribution >= 0.6 is 0 Å². The zero-order chi connectivity index (χ0) is 28.0. The van der Waals surface area contributed by atoms with Crippen molar-refractivity contribution in [2.24, 2.45) is 0 Å². The Morgan fingerprint density at radius 2 is 1.38 bits per heavy atom. The molecule has 0 aromatic heterocycles. The van der Waals surface area contributed by atoms with Gasteiger partial charge < -0.3 is 80.4 Å². The van der Waals surface area contributed by atoms with E-state index in [1.165, 1.54) is 0 Å². The number of hydrogen-bond acceptors (Lipinski definition) is 16. The molecule has 0 unspecified atom stereocenters. The lowest BCUT2D eigenvalue weighted by molar-refractivity contribution is -0.358. The number of nitrogens with one attached hydrogen (secondary N) is 1. The summed E-state index contributed by atoms with van der Waals surface area (Å²) in [6.45, 7) is -2.43. The zero-order valence-electron chi connectivity index (χ0n) is 19.9. The minimum atomic E-state index is -1.99. The molecule has 0 aromatic rings. The van der Waals surface area contributed by atoms with Crippen LogP contribution in [0.2, 0.25) is 0 Å². The van der Waals surface area contributed by atoms with E-state index in [0.29, 0.717) is 0 Å². The minimum Gasteiger partial charge on any atom is -0.394 e. The molecule has 0 bridgehead atoms. The maximum Gasteiger partial charge on any atom is 0.217 e. The molecule has 2 fully saturated rings. The largest absolute Gasteiger partial charge is 0.394 e. The SMILES string of the molecule is CC(=O)N[C@H]1[C@H](O[C@H]2[C@H](O)[C@@H](O)[C@H](O[C@@H]([C@H](O)[C@H](O)CO)[C@@H](O)CO)O[C@@H]2CO)O[C@H](CO)[C@@H](O)[C@@H]1O. The Kier molecular flexibility index (Phi) is 12.4. The highest BCUT2D eigenvalue weighted by molar-refractivity contribution is 5.73. The molecule has 218 valence electrons. The van der Waals surface area contributed by atoms with Gasteiger partial charge in [0.1, 0.15) is 73.2 Å². The maximum atomic E-state index is 11.6. The summed E-state index contributed by atoms with van der Waals surface area (Å²) >= 11 is 0. The van der Waals surface area contributed by atoms with Gasteiger partial charge in [-0.15, -0.1) is 0 Å². The van der Waals surface area contributed by atoms with E-state index in [4.69, 9.17) is 24.1 Å². The van der Waals surface area contributed by atoms with Gasteiger partial charge in [0.15, 0.2) is 12.6 Å². The molecule has 0 aromatic carbocycles. The standard InChI is InChI=1S/C20H37NO16/c1-6(26)21-11-14(31)13(30)9(4-24)34-19(11)37-18-10(5-25)35-20(16(33)15(18)32)36-17(8(28)3-23)12(29)7(27)2-22/h7-20,22-25,27-33H,2-5H2,1H3,(H,21,26)/t7-,8+,9-,10-,11-,12-,13-,14-,15-,16-,17-,18-,19+,20+/m1/s1. The first kappa shape index (κ1) is 32.1. The summed E-state index contributed by atoms with van der Waals surface area (Å²) in [5.74, 6) is -0.652. The van der Waals surface area contributed by atoms with Crippen molar-refractivity contribution in [3.05, 3.63) is 0 Å². The summed E-state index contributed by atoms with van der Waals surface area (Å²) in [5, 5.41) is 112. The molecule has 0 spiro atoms. The molecular formula is C20H37NO16. The summed E-state index contributed by atoms with van der Waals surface area (Å²) in [6, 6.07) is -1.41. The second kappa shape index (κ2) is 14.3. The summed E-state index contributed by atoms with van der Waals surface area (Å²) in [4.78, 5) is 11.6. The van der Waals surface area contributed by atoms with Crippen LogP contribution in [-0.2, 0) is 23.7 Å². The second-order valence-electron chi connectivity index (χ2n) is 8.83. The van der Waals surface area contributed by atoms with Crippen LogP contribution < -0.4 is 5.32 Å². The van der Waals surface area contributed by atoms with E-state index in [9.17, 15) is 55.9 Å². The molecule has 14 atom stereocenters. The highest BCUT2D eigenvalue weighted by atomic mass is 16.7. The summed E-state index contributed by atoms with van der Waals surface area (Å²) < 4.78 is 21.8. The quantitative estimate of drug-likeness (QED) is 0.108. The number of carbonyl (C=O) groups is 1. The Hall–Kier alpha value is -1.13. The van der Waals surface area contributed by atoms with Crippen molar-refractivity contribution in [3.8, 4) is 0 Å². The molecule has 17 heteroatoms. The van der Waals surface area contributed by atoms with Gasteiger partial charge in [0.2, 0.25) is 5.91 Å². The van der Waals surface area contributed by atoms with Gasteiger partial charge >= 0.3 is 0 Å². The topological polar surface area (TPSA) is 289 Å². The van der Waals surface area contributed by atoms with Gasteiger partial charge in [0.25, 0.3) is 0 Å². The fraction of sp³-hybridized carbons (Fsp3) is 0.950. The van der Waals surface area contributed by atoms with Crippen molar-refractivity contribution in [3.63, 3.8) is 0 Å². The zero-order valence-corrected chi connectivity index (χ0v) is 19.9. The Bertz CT molecular complexity index is 701. The average molecular weight is 548 g/mol. The van der Waals surface area contributed by atoms with Crippen LogP contribution in [0.25, 0.3) is 0 Å². The lowest BCUT2D eigenvalue weighted by Gasteiger charge is -2.47. The number of rotatable bonds is 12. The molecule has 1 amide bonds. The van der Waals surface area contributed by atoms with Gasteiger partial charge in [-0.2, -0.15) is 0 Å². The van der Waals surface area contributed by atoms with Crippen molar-refractivity contribution < 1.29 is 79.9 Å². The van der Waals surface area contributed by atoms with E-state index < -0.39 is 118 Å². The van der Waals surface area contributed by atoms with Crippen molar-refractivity contribution in [2.45, 2.75) is 92.7 Å². The van der Waals surface area contributed by atoms with Gasteiger partial charge in [0.05, 0.1) is 26.4 Å². The summed E-state index contributed by atoms with van der Waals surface area (Å²) in [6.07, 6.45) is -22.6. The monoisotopic (exact) mass is 547 g/mol. The van der Waals surface area contributed by atoms with Crippen LogP contribution in [0.15, 0.2) is 0 Å². The van der Waals surface area contributed by atoms with Crippen molar-refractivity contribution in [2.75, 3.05) is 26.4 Å². The molecule has 37 heavy (non-hydrogen) atoms. The Labute approximate surface area is 211 Å². The lowest BCUT2D eigenvalue weighted by Crippen LogP contribution is -2.68. The first-order valence-corrected chi connectivity index (χ1v) is 11.5. The number of aliphatic hydroxyl groups is 11. The molecular weight excluding hydrogens is 510 g/mol. The van der Waals surface area contributed by atoms with E-state index in [0.717, 1.165) is 6.92 Å². The second-order valence-corrected chi connectivity index (χ2v) is 8.83. The predicted octanol–water partition coefficient (Wildman–Crippen LogP) is -7.79. The molecule has 2 aliphatic rings. The fourth-order valence-corrected chi connectivity index (χ4v) is 4.06. The Morgan fingerprint density at radius 1 is 0.811 bits per heavy atom. The smallest absolute Gasteiger partial charge is 0.217 e. The van der Waals surface area contributed by atoms with E-state index in [2.05, 4.69) is 5.32 Å². The van der Waals surface area contributed by atoms with Gasteiger partial charge in [0, 0.05) is 6.92 Å². The third-order valence-electron chi connectivity index (χ3n) is 6.14. The van der Waals surface area contributed by atoms with Crippen LogP contribution in [0.1, 0.15) is 6.92 Å². The molecule has 2 aliphatic heterocycles. The third-order valence-corrected chi connectivity index (χ3v) is 6.14. The molecule has 12 N–H and O–H groups in total. The number of hydrogen-bond donors (Lipinski definition) is 12. The van der Waals surface area contributed by atoms with Crippen molar-refractivity contribution in [1.82, 2.24) is 5.32 Å². The first-order chi connectivity index (χ1) is 17.4. The van der Waals surface area contributed by atoms with E-state index in [-0.39, 0.29) is 0 Å². The fourth-order valence-electron chi connectivity index (χ4n) is 4.06. The van der Waals surface area contributed by atoms with Crippen LogP contribution in [0, 0.1) is 0 Å². The van der Waals surface area contributed by atoms with Crippen LogP contribution in [-0.4, -0.2) is 174 Å². The molecule has 2 rings (SSSR count). The van der Waals surface area contributed by atoms with Crippen LogP contribution in [0.5, 0.6) is 0 Å². The van der Waals surface area contributed by atoms with Gasteiger partial charge in [-0.05, 0) is 0 Å². The lowest BCUT2D eigenvalue weighted by atomic mass is 9.95. The Balaban J connectivity index is 2.24. The van der Waals surface area contributed by atoms with Gasteiger partial charge in [-0.1, -0.05) is 0 Å². The molecule has 0 saturated carbocycles. The number of ether oxygens (including phenoxy) is 4. The van der Waals surface area contributed by atoms with E-state index >= 15 is 0 Å². The number of aliphatic hydroxyl groups excluding tert-OH is 11. The molecule has 2 saturated heterocycles. The van der Waals surface area contributed by atoms with Crippen molar-refractivity contribution >= 4 is 5.91 Å². The number of amides is 1. The van der Waals surface area contributed by atoms with E-state index in [1.807, 2.05) is 0 Å².